The van der Waals surface area contributed by atoms with Gasteiger partial charge in [0.1, 0.15) is 5.82 Å². The predicted octanol–water partition coefficient (Wildman–Crippen LogP) is 2.56. The molecule has 1 unspecified atom stereocenters. The summed E-state index contributed by atoms with van der Waals surface area (Å²) in [6, 6.07) is 0.107. The number of nitrogens with one attached hydrogen (secondary N) is 1. The van der Waals surface area contributed by atoms with Crippen molar-refractivity contribution in [2.24, 2.45) is 0 Å². The molecule has 0 aliphatic heterocycles. The van der Waals surface area contributed by atoms with Crippen LogP contribution in [0.2, 0.25) is 0 Å². The van der Waals surface area contributed by atoms with Crippen LogP contribution in [0.1, 0.15) is 28.5 Å². The average molecular weight is 288 g/mol. The lowest BCUT2D eigenvalue weighted by Gasteiger charge is -2.14. The first-order valence-electron chi connectivity index (χ1n) is 6.34. The molecule has 3 heterocycles. The smallest absolute Gasteiger partial charge is 0.180 e. The number of fused-ring (bicyclic) bond motifs is 1. The molecule has 1 atom stereocenters. The zero-order valence-electron chi connectivity index (χ0n) is 11.6. The van der Waals surface area contributed by atoms with Gasteiger partial charge >= 0.3 is 0 Å². The molecular formula is C13H16N6S. The van der Waals surface area contributed by atoms with Crippen LogP contribution >= 0.6 is 11.3 Å². The molecule has 7 heteroatoms. The molecule has 104 valence electrons. The summed E-state index contributed by atoms with van der Waals surface area (Å²) in [6.07, 6.45) is 5.33. The fourth-order valence-electron chi connectivity index (χ4n) is 2.27. The van der Waals surface area contributed by atoms with E-state index in [1.165, 1.54) is 4.88 Å². The highest BCUT2D eigenvalue weighted by atomic mass is 32.1. The Bertz CT molecular complexity index is 759. The van der Waals surface area contributed by atoms with Gasteiger partial charge in [0.15, 0.2) is 11.5 Å². The molecule has 0 spiro atoms. The minimum absolute atomic E-state index is 0.107. The van der Waals surface area contributed by atoms with Crippen LogP contribution in [0.25, 0.3) is 5.65 Å². The Balaban J connectivity index is 1.96. The van der Waals surface area contributed by atoms with Crippen LogP contribution in [0, 0.1) is 13.8 Å². The van der Waals surface area contributed by atoms with Crippen molar-refractivity contribution in [3.8, 4) is 0 Å². The lowest BCUT2D eigenvalue weighted by atomic mass is 10.2. The quantitative estimate of drug-likeness (QED) is 0.774. The summed E-state index contributed by atoms with van der Waals surface area (Å²) in [7, 11) is 0. The summed E-state index contributed by atoms with van der Waals surface area (Å²) in [5, 5.41) is 4.45. The van der Waals surface area contributed by atoms with Crippen molar-refractivity contribution in [3.63, 3.8) is 0 Å². The van der Waals surface area contributed by atoms with Crippen LogP contribution < -0.4 is 11.1 Å². The van der Waals surface area contributed by atoms with E-state index in [0.717, 1.165) is 16.3 Å². The molecule has 3 rings (SSSR count). The van der Waals surface area contributed by atoms with Gasteiger partial charge in [0.25, 0.3) is 0 Å². The van der Waals surface area contributed by atoms with Crippen molar-refractivity contribution in [1.29, 1.82) is 0 Å². The van der Waals surface area contributed by atoms with Gasteiger partial charge in [0, 0.05) is 17.3 Å². The fraction of sp³-hybridized carbons (Fsp3) is 0.308. The van der Waals surface area contributed by atoms with E-state index in [9.17, 15) is 0 Å². The second-order valence-electron chi connectivity index (χ2n) is 4.72. The van der Waals surface area contributed by atoms with Gasteiger partial charge in [-0.15, -0.1) is 11.3 Å². The van der Waals surface area contributed by atoms with E-state index in [1.807, 2.05) is 24.4 Å². The molecule has 6 nitrogen and oxygen atoms in total. The summed E-state index contributed by atoms with van der Waals surface area (Å²) in [5.74, 6) is 1.15. The van der Waals surface area contributed by atoms with Crippen LogP contribution in [0.3, 0.4) is 0 Å². The monoisotopic (exact) mass is 288 g/mol. The van der Waals surface area contributed by atoms with Gasteiger partial charge in [-0.05, 0) is 20.8 Å². The molecule has 20 heavy (non-hydrogen) atoms. The van der Waals surface area contributed by atoms with E-state index in [4.69, 9.17) is 5.73 Å². The number of imidazole rings is 1. The third-order valence-corrected chi connectivity index (χ3v) is 4.33. The molecule has 0 aliphatic rings. The Kier molecular flexibility index (Phi) is 3.06. The Morgan fingerprint density at radius 2 is 2.15 bits per heavy atom. The van der Waals surface area contributed by atoms with Crippen molar-refractivity contribution >= 4 is 28.6 Å². The SMILES string of the molecule is Cc1nc(C)c(C(C)Nc2nc(N)cn3ccnc23)s1. The number of nitrogen functional groups attached to an aromatic ring is 1. The molecule has 0 saturated carbocycles. The molecule has 0 saturated heterocycles. The molecule has 0 bridgehead atoms. The van der Waals surface area contributed by atoms with E-state index in [0.29, 0.717) is 11.6 Å². The fourth-order valence-corrected chi connectivity index (χ4v) is 3.20. The molecule has 0 amide bonds. The number of aryl methyl sites for hydroxylation is 2. The number of hydrogen-bond donors (Lipinski definition) is 2. The highest BCUT2D eigenvalue weighted by molar-refractivity contribution is 7.11. The summed E-state index contributed by atoms with van der Waals surface area (Å²) in [4.78, 5) is 14.3. The zero-order chi connectivity index (χ0) is 14.3. The summed E-state index contributed by atoms with van der Waals surface area (Å²) < 4.78 is 1.86. The standard InChI is InChI=1S/C13H16N6S/c1-7-11(20-9(3)16-7)8(2)17-12-13-15-4-5-19(13)6-10(14)18-12/h4-6,8H,14H2,1-3H3,(H,17,18). The van der Waals surface area contributed by atoms with Crippen molar-refractivity contribution < 1.29 is 0 Å². The first kappa shape index (κ1) is 12.9. The Labute approximate surface area is 120 Å². The van der Waals surface area contributed by atoms with Crippen LogP contribution in [-0.2, 0) is 0 Å². The average Bonchev–Trinajstić information content (AvgIpc) is 2.95. The second kappa shape index (κ2) is 4.75. The summed E-state index contributed by atoms with van der Waals surface area (Å²) in [6.45, 7) is 6.12. The molecule has 0 radical (unpaired) electrons. The molecular weight excluding hydrogens is 272 g/mol. The van der Waals surface area contributed by atoms with Crippen LogP contribution in [-0.4, -0.2) is 19.4 Å². The van der Waals surface area contributed by atoms with Crippen molar-refractivity contribution in [1.82, 2.24) is 19.4 Å². The first-order chi connectivity index (χ1) is 9.54. The maximum atomic E-state index is 5.82. The number of nitrogens with two attached hydrogens (primary N) is 1. The third-order valence-electron chi connectivity index (χ3n) is 3.08. The highest BCUT2D eigenvalue weighted by Crippen LogP contribution is 2.28. The van der Waals surface area contributed by atoms with Gasteiger partial charge in [0.05, 0.1) is 22.9 Å². The van der Waals surface area contributed by atoms with Gasteiger partial charge in [-0.1, -0.05) is 0 Å². The van der Waals surface area contributed by atoms with Crippen molar-refractivity contribution in [3.05, 3.63) is 34.2 Å². The van der Waals surface area contributed by atoms with E-state index in [-0.39, 0.29) is 6.04 Å². The van der Waals surface area contributed by atoms with Gasteiger partial charge in [0.2, 0.25) is 0 Å². The lowest BCUT2D eigenvalue weighted by Crippen LogP contribution is -2.10. The zero-order valence-corrected chi connectivity index (χ0v) is 12.4. The minimum atomic E-state index is 0.107. The number of nitrogens with zero attached hydrogens (tertiary/aromatic N) is 4. The molecule has 3 N–H and O–H groups in total. The predicted molar refractivity (Wildman–Crippen MR) is 81.0 cm³/mol. The van der Waals surface area contributed by atoms with Gasteiger partial charge in [-0.3, -0.25) is 0 Å². The van der Waals surface area contributed by atoms with Gasteiger partial charge < -0.3 is 15.5 Å². The Morgan fingerprint density at radius 3 is 2.85 bits per heavy atom. The largest absolute Gasteiger partial charge is 0.382 e. The number of hydrogen-bond acceptors (Lipinski definition) is 6. The number of rotatable bonds is 3. The molecule has 0 aromatic carbocycles. The van der Waals surface area contributed by atoms with Crippen LogP contribution in [0.15, 0.2) is 18.6 Å². The molecule has 0 fully saturated rings. The third kappa shape index (κ3) is 2.20. The maximum Gasteiger partial charge on any atom is 0.180 e. The normalized spacial score (nSPS) is 12.8. The number of anilines is 2. The van der Waals surface area contributed by atoms with Crippen molar-refractivity contribution in [2.75, 3.05) is 11.1 Å². The van der Waals surface area contributed by atoms with Crippen LogP contribution in [0.4, 0.5) is 11.6 Å². The van der Waals surface area contributed by atoms with Crippen LogP contribution in [0.5, 0.6) is 0 Å². The number of thiazole rings is 1. The Morgan fingerprint density at radius 1 is 1.35 bits per heavy atom. The first-order valence-corrected chi connectivity index (χ1v) is 7.16. The minimum Gasteiger partial charge on any atom is -0.382 e. The van der Waals surface area contributed by atoms with E-state index in [2.05, 4.69) is 27.2 Å². The van der Waals surface area contributed by atoms with E-state index < -0.39 is 0 Å². The van der Waals surface area contributed by atoms with E-state index >= 15 is 0 Å². The topological polar surface area (TPSA) is 81.1 Å². The molecule has 3 aromatic rings. The lowest BCUT2D eigenvalue weighted by molar-refractivity contribution is 0.878. The molecule has 0 aliphatic carbocycles. The van der Waals surface area contributed by atoms with E-state index in [1.54, 1.807) is 23.7 Å². The van der Waals surface area contributed by atoms with Gasteiger partial charge in [-0.25, -0.2) is 15.0 Å². The van der Waals surface area contributed by atoms with Crippen molar-refractivity contribution in [2.45, 2.75) is 26.8 Å². The number of aromatic nitrogens is 4. The summed E-state index contributed by atoms with van der Waals surface area (Å²) >= 11 is 1.69. The van der Waals surface area contributed by atoms with Gasteiger partial charge in [-0.2, -0.15) is 0 Å². The summed E-state index contributed by atoms with van der Waals surface area (Å²) in [5.41, 5.74) is 7.64. The highest BCUT2D eigenvalue weighted by Gasteiger charge is 2.15. The maximum absolute atomic E-state index is 5.82. The second-order valence-corrected chi connectivity index (χ2v) is 5.96. The molecule has 3 aromatic heterocycles. The Hall–Kier alpha value is -2.15.